The standard InChI is InChI=1S/C37H25ClN4O5/c1-23-28(21-47-36-14-35(29(19-44)13-33(36)38)46-20-26-10-25(15-39)16-40-17-26)5-3-7-31(23)27-4-2-6-30(12-27)42-22-41-34-11-24(18-43)8-9-32(34)37(42)45/h2-14,16-19,22H,20-21H2,1H3. The van der Waals surface area contributed by atoms with Crippen molar-refractivity contribution < 1.29 is 19.1 Å². The van der Waals surface area contributed by atoms with Gasteiger partial charge in [0.05, 0.1) is 32.7 Å². The van der Waals surface area contributed by atoms with Crippen LogP contribution in [0.3, 0.4) is 0 Å². The fraction of sp³-hybridized carbons (Fsp3) is 0.0811. The molecule has 0 aliphatic rings. The molecule has 9 nitrogen and oxygen atoms in total. The number of carbonyl (C=O) groups excluding carboxylic acids is 2. The normalized spacial score (nSPS) is 10.7. The van der Waals surface area contributed by atoms with Crippen LogP contribution in [0.25, 0.3) is 27.7 Å². The van der Waals surface area contributed by atoms with Crippen molar-refractivity contribution in [2.75, 3.05) is 0 Å². The van der Waals surface area contributed by atoms with Crippen LogP contribution in [-0.2, 0) is 13.2 Å². The second-order valence-corrected chi connectivity index (χ2v) is 11.1. The first-order chi connectivity index (χ1) is 22.9. The Balaban J connectivity index is 1.24. The third-order valence-electron chi connectivity index (χ3n) is 7.69. The molecule has 230 valence electrons. The number of rotatable bonds is 10. The zero-order valence-electron chi connectivity index (χ0n) is 25.0. The molecule has 0 aliphatic carbocycles. The predicted octanol–water partition coefficient (Wildman–Crippen LogP) is 7.06. The van der Waals surface area contributed by atoms with E-state index >= 15 is 0 Å². The van der Waals surface area contributed by atoms with E-state index in [1.54, 1.807) is 36.5 Å². The first-order valence-corrected chi connectivity index (χ1v) is 14.8. The molecule has 0 bridgehead atoms. The molecule has 0 fully saturated rings. The van der Waals surface area contributed by atoms with Crippen molar-refractivity contribution in [3.63, 3.8) is 0 Å². The van der Waals surface area contributed by atoms with E-state index in [1.807, 2.05) is 55.5 Å². The Hall–Kier alpha value is -6.11. The molecule has 2 heterocycles. The molecule has 0 saturated heterocycles. The molecule has 0 amide bonds. The van der Waals surface area contributed by atoms with Crippen LogP contribution in [0.15, 0.2) is 102 Å². The van der Waals surface area contributed by atoms with Crippen LogP contribution >= 0.6 is 11.6 Å². The lowest BCUT2D eigenvalue weighted by molar-refractivity contribution is 0.111. The summed E-state index contributed by atoms with van der Waals surface area (Å²) in [7, 11) is 0. The molecule has 4 aromatic carbocycles. The van der Waals surface area contributed by atoms with Crippen LogP contribution < -0.4 is 15.0 Å². The van der Waals surface area contributed by atoms with Crippen molar-refractivity contribution >= 4 is 35.1 Å². The minimum absolute atomic E-state index is 0.0904. The van der Waals surface area contributed by atoms with Crippen LogP contribution in [0.5, 0.6) is 11.5 Å². The maximum Gasteiger partial charge on any atom is 0.265 e. The quantitative estimate of drug-likeness (QED) is 0.146. The summed E-state index contributed by atoms with van der Waals surface area (Å²) < 4.78 is 13.5. The molecule has 0 spiro atoms. The monoisotopic (exact) mass is 640 g/mol. The average molecular weight is 641 g/mol. The highest BCUT2D eigenvalue weighted by Crippen LogP contribution is 2.34. The van der Waals surface area contributed by atoms with Gasteiger partial charge >= 0.3 is 0 Å². The van der Waals surface area contributed by atoms with Crippen molar-refractivity contribution in [1.29, 1.82) is 5.26 Å². The van der Waals surface area contributed by atoms with Gasteiger partial charge in [0.1, 0.15) is 43.4 Å². The molecule has 47 heavy (non-hydrogen) atoms. The Morgan fingerprint density at radius 3 is 2.55 bits per heavy atom. The highest BCUT2D eigenvalue weighted by molar-refractivity contribution is 6.32. The lowest BCUT2D eigenvalue weighted by Gasteiger charge is -2.16. The number of pyridine rings is 1. The Morgan fingerprint density at radius 1 is 0.915 bits per heavy atom. The first-order valence-electron chi connectivity index (χ1n) is 14.4. The van der Waals surface area contributed by atoms with E-state index in [0.717, 1.165) is 28.5 Å². The van der Waals surface area contributed by atoms with Crippen molar-refractivity contribution in [3.05, 3.63) is 146 Å². The molecule has 0 saturated carbocycles. The Bertz CT molecular complexity index is 2280. The topological polar surface area (TPSA) is 124 Å². The predicted molar refractivity (Wildman–Crippen MR) is 177 cm³/mol. The SMILES string of the molecule is Cc1c(COc2cc(OCc3cncc(C#N)c3)c(C=O)cc2Cl)cccc1-c1cccc(-n2cnc3cc(C=O)ccc3c2=O)c1. The summed E-state index contributed by atoms with van der Waals surface area (Å²) in [4.78, 5) is 44.6. The van der Waals surface area contributed by atoms with Crippen LogP contribution in [-0.4, -0.2) is 27.1 Å². The third kappa shape index (κ3) is 6.50. The molecule has 0 aliphatic heterocycles. The number of nitrogens with zero attached hydrogens (tertiary/aromatic N) is 4. The first kappa shape index (κ1) is 30.9. The van der Waals surface area contributed by atoms with Gasteiger partial charge in [-0.05, 0) is 65.6 Å². The van der Waals surface area contributed by atoms with E-state index in [1.165, 1.54) is 23.2 Å². The summed E-state index contributed by atoms with van der Waals surface area (Å²) in [6.07, 6.45) is 5.89. The second kappa shape index (κ2) is 13.5. The lowest BCUT2D eigenvalue weighted by atomic mass is 9.96. The number of ether oxygens (including phenoxy) is 2. The van der Waals surface area contributed by atoms with E-state index < -0.39 is 0 Å². The molecule has 2 aromatic heterocycles. The van der Waals surface area contributed by atoms with Gasteiger partial charge < -0.3 is 9.47 Å². The summed E-state index contributed by atoms with van der Waals surface area (Å²) in [5.41, 5.74) is 6.37. The summed E-state index contributed by atoms with van der Waals surface area (Å²) in [5, 5.41) is 9.80. The van der Waals surface area contributed by atoms with Crippen molar-refractivity contribution in [3.8, 4) is 34.4 Å². The van der Waals surface area contributed by atoms with Gasteiger partial charge in [-0.2, -0.15) is 5.26 Å². The van der Waals surface area contributed by atoms with Gasteiger partial charge in [0, 0.05) is 29.6 Å². The van der Waals surface area contributed by atoms with Crippen LogP contribution in [0.1, 0.15) is 43.0 Å². The molecule has 0 radical (unpaired) electrons. The summed E-state index contributed by atoms with van der Waals surface area (Å²) in [6, 6.07) is 25.0. The van der Waals surface area contributed by atoms with Gasteiger partial charge in [-0.25, -0.2) is 4.98 Å². The van der Waals surface area contributed by atoms with Crippen LogP contribution in [0.4, 0.5) is 0 Å². The van der Waals surface area contributed by atoms with Crippen molar-refractivity contribution in [2.24, 2.45) is 0 Å². The summed E-state index contributed by atoms with van der Waals surface area (Å²) >= 11 is 6.48. The number of carbonyl (C=O) groups is 2. The molecule has 0 atom stereocenters. The van der Waals surface area contributed by atoms with Gasteiger partial charge in [0.15, 0.2) is 6.29 Å². The van der Waals surface area contributed by atoms with E-state index in [9.17, 15) is 14.4 Å². The smallest absolute Gasteiger partial charge is 0.265 e. The zero-order valence-corrected chi connectivity index (χ0v) is 25.8. The number of hydrogen-bond acceptors (Lipinski definition) is 8. The largest absolute Gasteiger partial charge is 0.488 e. The fourth-order valence-electron chi connectivity index (χ4n) is 5.19. The zero-order chi connectivity index (χ0) is 32.9. The lowest BCUT2D eigenvalue weighted by Crippen LogP contribution is -2.18. The van der Waals surface area contributed by atoms with E-state index in [2.05, 4.69) is 9.97 Å². The number of aromatic nitrogens is 3. The number of halogens is 1. The molecule has 6 aromatic rings. The molecule has 0 N–H and O–H groups in total. The number of nitriles is 1. The third-order valence-corrected chi connectivity index (χ3v) is 7.99. The maximum atomic E-state index is 13.3. The molecular weight excluding hydrogens is 616 g/mol. The highest BCUT2D eigenvalue weighted by atomic mass is 35.5. The molecule has 6 rings (SSSR count). The molecular formula is C37H25ClN4O5. The minimum atomic E-state index is -0.239. The van der Waals surface area contributed by atoms with Gasteiger partial charge in [-0.1, -0.05) is 48.0 Å². The Morgan fingerprint density at radius 2 is 1.74 bits per heavy atom. The highest BCUT2D eigenvalue weighted by Gasteiger charge is 2.14. The molecule has 10 heteroatoms. The minimum Gasteiger partial charge on any atom is -0.488 e. The average Bonchev–Trinajstić information content (AvgIpc) is 3.11. The number of aldehydes is 2. The van der Waals surface area contributed by atoms with Crippen LogP contribution in [0, 0.1) is 18.3 Å². The van der Waals surface area contributed by atoms with Gasteiger partial charge in [-0.3, -0.25) is 23.9 Å². The fourth-order valence-corrected chi connectivity index (χ4v) is 5.42. The summed E-state index contributed by atoms with van der Waals surface area (Å²) in [6.45, 7) is 2.27. The van der Waals surface area contributed by atoms with Gasteiger partial charge in [-0.15, -0.1) is 0 Å². The number of benzene rings is 4. The maximum absolute atomic E-state index is 13.3. The van der Waals surface area contributed by atoms with E-state index in [0.29, 0.717) is 45.3 Å². The number of fused-ring (bicyclic) bond motifs is 1. The van der Waals surface area contributed by atoms with Crippen molar-refractivity contribution in [2.45, 2.75) is 20.1 Å². The second-order valence-electron chi connectivity index (χ2n) is 10.7. The Kier molecular flexibility index (Phi) is 8.86. The Labute approximate surface area is 274 Å². The van der Waals surface area contributed by atoms with E-state index in [-0.39, 0.29) is 35.1 Å². The van der Waals surface area contributed by atoms with Gasteiger partial charge in [0.25, 0.3) is 5.56 Å². The molecule has 0 unspecified atom stereocenters. The van der Waals surface area contributed by atoms with Crippen LogP contribution in [0.2, 0.25) is 5.02 Å². The number of hydrogen-bond donors (Lipinski definition) is 0. The van der Waals surface area contributed by atoms with Crippen molar-refractivity contribution in [1.82, 2.24) is 14.5 Å². The summed E-state index contributed by atoms with van der Waals surface area (Å²) in [5.74, 6) is 0.623. The van der Waals surface area contributed by atoms with Gasteiger partial charge in [0.2, 0.25) is 0 Å². The van der Waals surface area contributed by atoms with E-state index in [4.69, 9.17) is 26.3 Å².